The summed E-state index contributed by atoms with van der Waals surface area (Å²) in [5.74, 6) is -0.945. The van der Waals surface area contributed by atoms with E-state index in [9.17, 15) is 8.78 Å². The van der Waals surface area contributed by atoms with Crippen LogP contribution in [-0.2, 0) is 6.54 Å². The average Bonchev–Trinajstić information content (AvgIpc) is 2.49. The smallest absolute Gasteiger partial charge is 0.130 e. The Bertz CT molecular complexity index is 560. The zero-order chi connectivity index (χ0) is 15.1. The Kier molecular flexibility index (Phi) is 5.84. The summed E-state index contributed by atoms with van der Waals surface area (Å²) in [6.45, 7) is 1.06. The number of halogens is 2. The molecule has 4 heteroatoms. The average molecular weight is 291 g/mol. The highest BCUT2D eigenvalue weighted by atomic mass is 19.1. The van der Waals surface area contributed by atoms with Crippen molar-refractivity contribution in [3.8, 4) is 0 Å². The molecule has 21 heavy (non-hydrogen) atoms. The Morgan fingerprint density at radius 3 is 2.48 bits per heavy atom. The van der Waals surface area contributed by atoms with Gasteiger partial charge in [0.25, 0.3) is 0 Å². The third-order valence-corrected chi connectivity index (χ3v) is 3.47. The van der Waals surface area contributed by atoms with Gasteiger partial charge < -0.3 is 10.4 Å². The van der Waals surface area contributed by atoms with E-state index in [0.29, 0.717) is 25.1 Å². The Balaban J connectivity index is 1.93. The Morgan fingerprint density at radius 2 is 1.81 bits per heavy atom. The van der Waals surface area contributed by atoms with Gasteiger partial charge in [0, 0.05) is 31.3 Å². The van der Waals surface area contributed by atoms with E-state index >= 15 is 0 Å². The van der Waals surface area contributed by atoms with Crippen LogP contribution in [0.5, 0.6) is 0 Å². The summed E-state index contributed by atoms with van der Waals surface area (Å²) in [6, 6.07) is 13.5. The summed E-state index contributed by atoms with van der Waals surface area (Å²) >= 11 is 0. The van der Waals surface area contributed by atoms with Crippen LogP contribution in [-0.4, -0.2) is 18.3 Å². The molecular formula is C17H19F2NO. The topological polar surface area (TPSA) is 32.3 Å². The van der Waals surface area contributed by atoms with E-state index in [1.165, 1.54) is 12.1 Å². The molecule has 0 aliphatic heterocycles. The second-order valence-electron chi connectivity index (χ2n) is 4.99. The number of benzene rings is 2. The molecule has 0 saturated heterocycles. The van der Waals surface area contributed by atoms with Gasteiger partial charge in [0.15, 0.2) is 0 Å². The first-order valence-electron chi connectivity index (χ1n) is 7.01. The van der Waals surface area contributed by atoms with Crippen LogP contribution >= 0.6 is 0 Å². The van der Waals surface area contributed by atoms with E-state index in [0.717, 1.165) is 11.6 Å². The predicted octanol–water partition coefficient (Wildman–Crippen LogP) is 3.22. The lowest BCUT2D eigenvalue weighted by Gasteiger charge is -2.17. The maximum Gasteiger partial charge on any atom is 0.130 e. The zero-order valence-corrected chi connectivity index (χ0v) is 11.7. The van der Waals surface area contributed by atoms with Gasteiger partial charge in [0.2, 0.25) is 0 Å². The standard InChI is InChI=1S/C17H19F2NO/c18-16-7-6-15(17(19)10-16)12-20-11-14(8-9-21)13-4-2-1-3-5-13/h1-7,10,14,20-21H,8-9,11-12H2. The first-order valence-corrected chi connectivity index (χ1v) is 7.01. The van der Waals surface area contributed by atoms with Gasteiger partial charge in [-0.1, -0.05) is 36.4 Å². The van der Waals surface area contributed by atoms with Crippen LogP contribution in [0.3, 0.4) is 0 Å². The minimum atomic E-state index is -0.571. The fraction of sp³-hybridized carbons (Fsp3) is 0.294. The largest absolute Gasteiger partial charge is 0.396 e. The SMILES string of the molecule is OCCC(CNCc1ccc(F)cc1F)c1ccccc1. The van der Waals surface area contributed by atoms with Crippen molar-refractivity contribution in [1.82, 2.24) is 5.32 Å². The molecule has 0 fully saturated rings. The summed E-state index contributed by atoms with van der Waals surface area (Å²) < 4.78 is 26.4. The molecule has 2 aromatic carbocycles. The highest BCUT2D eigenvalue weighted by molar-refractivity contribution is 5.21. The van der Waals surface area contributed by atoms with Crippen LogP contribution in [0, 0.1) is 11.6 Å². The Hall–Kier alpha value is -1.78. The lowest BCUT2D eigenvalue weighted by Crippen LogP contribution is -2.22. The van der Waals surface area contributed by atoms with Crippen molar-refractivity contribution < 1.29 is 13.9 Å². The monoisotopic (exact) mass is 291 g/mol. The molecule has 0 aliphatic carbocycles. The van der Waals surface area contributed by atoms with Gasteiger partial charge in [-0.05, 0) is 24.0 Å². The summed E-state index contributed by atoms with van der Waals surface area (Å²) in [5, 5.41) is 12.3. The fourth-order valence-corrected chi connectivity index (χ4v) is 2.31. The van der Waals surface area contributed by atoms with Crippen LogP contribution in [0.15, 0.2) is 48.5 Å². The van der Waals surface area contributed by atoms with Gasteiger partial charge in [-0.3, -0.25) is 0 Å². The molecule has 0 radical (unpaired) electrons. The van der Waals surface area contributed by atoms with Crippen LogP contribution in [0.2, 0.25) is 0 Å². The number of nitrogens with one attached hydrogen (secondary N) is 1. The highest BCUT2D eigenvalue weighted by Gasteiger charge is 2.11. The molecule has 1 atom stereocenters. The molecule has 2 aromatic rings. The number of hydrogen-bond donors (Lipinski definition) is 2. The molecule has 2 N–H and O–H groups in total. The molecule has 0 saturated carbocycles. The highest BCUT2D eigenvalue weighted by Crippen LogP contribution is 2.18. The van der Waals surface area contributed by atoms with E-state index in [-0.39, 0.29) is 12.5 Å². The molecule has 0 spiro atoms. The number of hydrogen-bond acceptors (Lipinski definition) is 2. The van der Waals surface area contributed by atoms with Crippen molar-refractivity contribution >= 4 is 0 Å². The molecule has 0 bridgehead atoms. The molecule has 0 aliphatic rings. The van der Waals surface area contributed by atoms with E-state index in [1.54, 1.807) is 0 Å². The minimum Gasteiger partial charge on any atom is -0.396 e. The van der Waals surface area contributed by atoms with Gasteiger partial charge >= 0.3 is 0 Å². The van der Waals surface area contributed by atoms with Crippen molar-refractivity contribution in [2.75, 3.05) is 13.2 Å². The molecule has 2 rings (SSSR count). The molecule has 0 aromatic heterocycles. The van der Waals surface area contributed by atoms with E-state index in [4.69, 9.17) is 5.11 Å². The van der Waals surface area contributed by atoms with Crippen LogP contribution < -0.4 is 5.32 Å². The third-order valence-electron chi connectivity index (χ3n) is 3.47. The summed E-state index contributed by atoms with van der Waals surface area (Å²) in [6.07, 6.45) is 0.642. The first-order chi connectivity index (χ1) is 10.2. The summed E-state index contributed by atoms with van der Waals surface area (Å²) in [7, 11) is 0. The maximum absolute atomic E-state index is 13.5. The van der Waals surface area contributed by atoms with Crippen molar-refractivity contribution in [3.63, 3.8) is 0 Å². The fourth-order valence-electron chi connectivity index (χ4n) is 2.31. The van der Waals surface area contributed by atoms with Crippen molar-refractivity contribution in [1.29, 1.82) is 0 Å². The molecule has 0 amide bonds. The molecule has 1 unspecified atom stereocenters. The predicted molar refractivity (Wildman–Crippen MR) is 79.0 cm³/mol. The second-order valence-corrected chi connectivity index (χ2v) is 4.99. The zero-order valence-electron chi connectivity index (χ0n) is 11.7. The molecule has 0 heterocycles. The van der Waals surface area contributed by atoms with Crippen molar-refractivity contribution in [2.24, 2.45) is 0 Å². The van der Waals surface area contributed by atoms with Gasteiger partial charge in [-0.25, -0.2) is 8.78 Å². The number of aliphatic hydroxyl groups excluding tert-OH is 1. The van der Waals surface area contributed by atoms with Gasteiger partial charge in [0.05, 0.1) is 0 Å². The van der Waals surface area contributed by atoms with Crippen molar-refractivity contribution in [2.45, 2.75) is 18.9 Å². The van der Waals surface area contributed by atoms with Crippen LogP contribution in [0.1, 0.15) is 23.5 Å². The molecule has 2 nitrogen and oxygen atoms in total. The Labute approximate surface area is 123 Å². The summed E-state index contributed by atoms with van der Waals surface area (Å²) in [4.78, 5) is 0. The lowest BCUT2D eigenvalue weighted by molar-refractivity contribution is 0.273. The number of rotatable bonds is 7. The maximum atomic E-state index is 13.5. The second kappa shape index (κ2) is 7.86. The van der Waals surface area contributed by atoms with Gasteiger partial charge in [0.1, 0.15) is 11.6 Å². The quantitative estimate of drug-likeness (QED) is 0.821. The normalized spacial score (nSPS) is 12.3. The minimum absolute atomic E-state index is 0.103. The van der Waals surface area contributed by atoms with E-state index in [2.05, 4.69) is 5.32 Å². The van der Waals surface area contributed by atoms with E-state index < -0.39 is 11.6 Å². The van der Waals surface area contributed by atoms with E-state index in [1.807, 2.05) is 30.3 Å². The first kappa shape index (κ1) is 15.6. The number of aliphatic hydroxyl groups is 1. The van der Waals surface area contributed by atoms with Gasteiger partial charge in [-0.2, -0.15) is 0 Å². The lowest BCUT2D eigenvalue weighted by atomic mass is 9.96. The molecule has 112 valence electrons. The van der Waals surface area contributed by atoms with Crippen LogP contribution in [0.25, 0.3) is 0 Å². The molecular weight excluding hydrogens is 272 g/mol. The van der Waals surface area contributed by atoms with Crippen molar-refractivity contribution in [3.05, 3.63) is 71.3 Å². The third kappa shape index (κ3) is 4.62. The summed E-state index contributed by atoms with van der Waals surface area (Å²) in [5.41, 5.74) is 1.57. The van der Waals surface area contributed by atoms with Crippen LogP contribution in [0.4, 0.5) is 8.78 Å². The van der Waals surface area contributed by atoms with Gasteiger partial charge in [-0.15, -0.1) is 0 Å². The Morgan fingerprint density at radius 1 is 1.05 bits per heavy atom.